The Morgan fingerprint density at radius 2 is 1.69 bits per heavy atom. The first-order valence-electron chi connectivity index (χ1n) is 20.1. The number of carbonyl (C=O) groups is 5. The number of piperazine rings is 1. The first-order valence-corrected chi connectivity index (χ1v) is 20.5. The molecule has 0 saturated carbocycles. The summed E-state index contributed by atoms with van der Waals surface area (Å²) in [5.41, 5.74) is 4.21. The summed E-state index contributed by atoms with van der Waals surface area (Å²) in [6, 6.07) is 10.4. The second kappa shape index (κ2) is 16.1. The number of imide groups is 2. The summed E-state index contributed by atoms with van der Waals surface area (Å²) in [6.45, 7) is 10.0. The van der Waals surface area contributed by atoms with E-state index in [1.54, 1.807) is 25.4 Å². The summed E-state index contributed by atoms with van der Waals surface area (Å²) < 4.78 is 5.75. The normalized spacial score (nSPS) is 20.3. The van der Waals surface area contributed by atoms with E-state index in [1.165, 1.54) is 0 Å². The molecule has 1 aromatic heterocycles. The van der Waals surface area contributed by atoms with Gasteiger partial charge < -0.3 is 30.1 Å². The van der Waals surface area contributed by atoms with Gasteiger partial charge in [0, 0.05) is 87.9 Å². The zero-order valence-corrected chi connectivity index (χ0v) is 34.5. The maximum absolute atomic E-state index is 13.4. The molecule has 0 radical (unpaired) electrons. The van der Waals surface area contributed by atoms with E-state index in [0.717, 1.165) is 79.6 Å². The van der Waals surface area contributed by atoms with E-state index >= 15 is 0 Å². The van der Waals surface area contributed by atoms with Crippen LogP contribution in [0.5, 0.6) is 0 Å². The fourth-order valence-corrected chi connectivity index (χ4v) is 9.06. The van der Waals surface area contributed by atoms with E-state index < -0.39 is 29.7 Å². The van der Waals surface area contributed by atoms with Crippen molar-refractivity contribution in [2.24, 2.45) is 5.92 Å². The highest BCUT2D eigenvalue weighted by molar-refractivity contribution is 6.33. The van der Waals surface area contributed by atoms with Crippen LogP contribution in [0.1, 0.15) is 65.8 Å². The minimum Gasteiger partial charge on any atom is -0.486 e. The fourth-order valence-electron chi connectivity index (χ4n) is 8.93. The molecule has 59 heavy (non-hydrogen) atoms. The number of carbonyl (C=O) groups excluding carboxylic acids is 5. The molecule has 5 aliphatic rings. The molecule has 17 heteroatoms. The lowest BCUT2D eigenvalue weighted by molar-refractivity contribution is -0.136. The number of nitrogens with zero attached hydrogens (tertiary/aromatic N) is 7. The van der Waals surface area contributed by atoms with Gasteiger partial charge in [-0.25, -0.2) is 4.98 Å². The van der Waals surface area contributed by atoms with Gasteiger partial charge >= 0.3 is 0 Å². The number of fused-ring (bicyclic) bond motifs is 2. The van der Waals surface area contributed by atoms with Crippen molar-refractivity contribution >= 4 is 76.0 Å². The van der Waals surface area contributed by atoms with Crippen LogP contribution in [0.25, 0.3) is 6.08 Å². The van der Waals surface area contributed by atoms with Gasteiger partial charge in [0.25, 0.3) is 17.7 Å². The number of amides is 5. The van der Waals surface area contributed by atoms with Gasteiger partial charge in [-0.15, -0.1) is 0 Å². The first-order chi connectivity index (χ1) is 28.3. The third-order valence-corrected chi connectivity index (χ3v) is 12.7. The third kappa shape index (κ3) is 7.90. The van der Waals surface area contributed by atoms with Gasteiger partial charge in [-0.1, -0.05) is 11.6 Å². The molecular formula is C42H49ClN10O6. The maximum Gasteiger partial charge on any atom is 0.262 e. The molecule has 2 aromatic carbocycles. The van der Waals surface area contributed by atoms with Gasteiger partial charge in [0.05, 0.1) is 23.9 Å². The molecule has 8 rings (SSSR count). The Bertz CT molecular complexity index is 2230. The van der Waals surface area contributed by atoms with Crippen molar-refractivity contribution in [3.63, 3.8) is 0 Å². The number of nitrogens with one attached hydrogen (secondary N) is 3. The standard InChI is InChI=1S/C42H49ClN10O6/c1-42(2,26-11-13-50(14-12-26)28-6-7-30-31(21-28)40(58)53(39(30)57)34-9-10-35(54)47-38(34)56)52-17-15-51(16-18-52)41-45-22-32(43)37(48-41)46-27-5-8-33-25(19-27)20-29(23-49(33)4)59-24-36(55)44-3/h5-8,19-22,26,34H,9-18,23-24H2,1-4H3,(H,44,55)(H,45,46,48)(H,47,54,56). The van der Waals surface area contributed by atoms with Crippen molar-refractivity contribution in [2.75, 3.05) is 86.5 Å². The quantitative estimate of drug-likeness (QED) is 0.254. The van der Waals surface area contributed by atoms with E-state index in [0.29, 0.717) is 40.6 Å². The molecule has 0 aliphatic carbocycles. The Labute approximate surface area is 347 Å². The van der Waals surface area contributed by atoms with E-state index in [1.807, 2.05) is 37.4 Å². The zero-order valence-electron chi connectivity index (χ0n) is 33.7. The van der Waals surface area contributed by atoms with Crippen LogP contribution in [-0.2, 0) is 19.1 Å². The van der Waals surface area contributed by atoms with E-state index in [4.69, 9.17) is 21.3 Å². The summed E-state index contributed by atoms with van der Waals surface area (Å²) in [4.78, 5) is 82.1. The van der Waals surface area contributed by atoms with Gasteiger partial charge in [-0.3, -0.25) is 39.1 Å². The highest BCUT2D eigenvalue weighted by Gasteiger charge is 2.45. The molecule has 6 heterocycles. The van der Waals surface area contributed by atoms with Crippen LogP contribution in [-0.4, -0.2) is 127 Å². The minimum absolute atomic E-state index is 0.0430. The molecule has 5 aliphatic heterocycles. The molecule has 3 aromatic rings. The SMILES string of the molecule is CNC(=O)COC1=Cc2cc(Nc3nc(N4CCN(C(C)(C)C5CCN(c6ccc7c(c6)C(=O)N(C6CCC(=O)NC6=O)C7=O)CC5)CC4)ncc3Cl)ccc2N(C)C1. The van der Waals surface area contributed by atoms with Crippen LogP contribution in [0.3, 0.4) is 0 Å². The number of aromatic nitrogens is 2. The number of piperidine rings is 2. The maximum atomic E-state index is 13.4. The minimum atomic E-state index is -0.983. The molecular weight excluding hydrogens is 776 g/mol. The van der Waals surface area contributed by atoms with Crippen molar-refractivity contribution < 1.29 is 28.7 Å². The third-order valence-electron chi connectivity index (χ3n) is 12.5. The largest absolute Gasteiger partial charge is 0.486 e. The Balaban J connectivity index is 0.863. The lowest BCUT2D eigenvalue weighted by atomic mass is 9.78. The molecule has 0 bridgehead atoms. The van der Waals surface area contributed by atoms with Crippen molar-refractivity contribution in [1.82, 2.24) is 30.4 Å². The summed E-state index contributed by atoms with van der Waals surface area (Å²) in [7, 11) is 3.56. The van der Waals surface area contributed by atoms with Crippen molar-refractivity contribution in [3.05, 3.63) is 70.1 Å². The topological polar surface area (TPSA) is 173 Å². The van der Waals surface area contributed by atoms with E-state index in [9.17, 15) is 24.0 Å². The molecule has 1 atom stereocenters. The number of ether oxygens (including phenoxy) is 1. The average Bonchev–Trinajstić information content (AvgIpc) is 3.48. The predicted molar refractivity (Wildman–Crippen MR) is 224 cm³/mol. The number of hydrogen-bond acceptors (Lipinski definition) is 13. The smallest absolute Gasteiger partial charge is 0.262 e. The number of likely N-dealkylation sites (N-methyl/N-ethyl adjacent to an activating group) is 2. The number of benzene rings is 2. The average molecular weight is 825 g/mol. The van der Waals surface area contributed by atoms with Crippen LogP contribution in [0.15, 0.2) is 48.4 Å². The van der Waals surface area contributed by atoms with Crippen LogP contribution >= 0.6 is 11.6 Å². The monoisotopic (exact) mass is 824 g/mol. The van der Waals surface area contributed by atoms with Gasteiger partial charge in [0.1, 0.15) is 16.8 Å². The molecule has 3 fully saturated rings. The van der Waals surface area contributed by atoms with Crippen LogP contribution in [0, 0.1) is 5.92 Å². The molecule has 1 unspecified atom stereocenters. The summed E-state index contributed by atoms with van der Waals surface area (Å²) >= 11 is 6.61. The molecule has 310 valence electrons. The van der Waals surface area contributed by atoms with Crippen molar-refractivity contribution in [2.45, 2.75) is 51.1 Å². The number of anilines is 5. The fraction of sp³-hybridized carbons (Fsp3) is 0.452. The lowest BCUT2D eigenvalue weighted by Crippen LogP contribution is -2.59. The summed E-state index contributed by atoms with van der Waals surface area (Å²) in [5, 5.41) is 8.62. The number of halogens is 1. The molecule has 16 nitrogen and oxygen atoms in total. The Morgan fingerprint density at radius 1 is 0.949 bits per heavy atom. The zero-order chi connectivity index (χ0) is 41.6. The Kier molecular flexibility index (Phi) is 11.0. The molecule has 3 saturated heterocycles. The van der Waals surface area contributed by atoms with Crippen LogP contribution < -0.4 is 30.7 Å². The van der Waals surface area contributed by atoms with Gasteiger partial charge in [-0.05, 0) is 81.5 Å². The van der Waals surface area contributed by atoms with Gasteiger partial charge in [0.2, 0.25) is 17.8 Å². The predicted octanol–water partition coefficient (Wildman–Crippen LogP) is 3.65. The second-order valence-corrected chi connectivity index (χ2v) is 16.7. The summed E-state index contributed by atoms with van der Waals surface area (Å²) in [5.74, 6) is 0.0878. The summed E-state index contributed by atoms with van der Waals surface area (Å²) in [6.07, 6.45) is 5.73. The lowest BCUT2D eigenvalue weighted by Gasteiger charge is -2.50. The van der Waals surface area contributed by atoms with Crippen LogP contribution in [0.2, 0.25) is 5.02 Å². The van der Waals surface area contributed by atoms with E-state index in [-0.39, 0.29) is 36.5 Å². The van der Waals surface area contributed by atoms with Gasteiger partial charge in [-0.2, -0.15) is 4.98 Å². The molecule has 3 N–H and O–H groups in total. The highest BCUT2D eigenvalue weighted by atomic mass is 35.5. The highest BCUT2D eigenvalue weighted by Crippen LogP contribution is 2.38. The van der Waals surface area contributed by atoms with Crippen molar-refractivity contribution in [1.29, 1.82) is 0 Å². The molecule has 0 spiro atoms. The number of hydrogen-bond donors (Lipinski definition) is 3. The number of rotatable bonds is 10. The molecule has 5 amide bonds. The second-order valence-electron chi connectivity index (χ2n) is 16.3. The van der Waals surface area contributed by atoms with E-state index in [2.05, 4.69) is 54.4 Å². The first kappa shape index (κ1) is 40.1. The van der Waals surface area contributed by atoms with Crippen molar-refractivity contribution in [3.8, 4) is 0 Å². The Morgan fingerprint density at radius 3 is 2.42 bits per heavy atom. The van der Waals surface area contributed by atoms with Crippen LogP contribution in [0.4, 0.5) is 28.8 Å². The Hall–Kier alpha value is -5.74. The van der Waals surface area contributed by atoms with Gasteiger partial charge in [0.15, 0.2) is 12.4 Å².